The Morgan fingerprint density at radius 1 is 1.05 bits per heavy atom. The van der Waals surface area contributed by atoms with Crippen LogP contribution in [0.5, 0.6) is 0 Å². The molecule has 2 aliphatic rings. The van der Waals surface area contributed by atoms with E-state index >= 15 is 0 Å². The Labute approximate surface area is 134 Å². The molecule has 20 heavy (non-hydrogen) atoms. The summed E-state index contributed by atoms with van der Waals surface area (Å²) in [6, 6.07) is 4.44. The fourth-order valence-electron chi connectivity index (χ4n) is 2.84. The van der Waals surface area contributed by atoms with E-state index in [1.165, 1.54) is 18.2 Å². The Morgan fingerprint density at radius 3 is 2.05 bits per heavy atom. The highest BCUT2D eigenvalue weighted by molar-refractivity contribution is 7.89. The van der Waals surface area contributed by atoms with Gasteiger partial charge < -0.3 is 5.32 Å². The van der Waals surface area contributed by atoms with Crippen LogP contribution in [0.15, 0.2) is 23.1 Å². The zero-order valence-electron chi connectivity index (χ0n) is 10.6. The van der Waals surface area contributed by atoms with Gasteiger partial charge in [0.25, 0.3) is 0 Å². The fraction of sp³-hybridized carbons (Fsp3) is 0.500. The van der Waals surface area contributed by atoms with Gasteiger partial charge in [-0.25, -0.2) is 8.42 Å². The van der Waals surface area contributed by atoms with Crippen LogP contribution in [0, 0.1) is 11.8 Å². The summed E-state index contributed by atoms with van der Waals surface area (Å²) >= 11 is 11.8. The van der Waals surface area contributed by atoms with Crippen LogP contribution < -0.4 is 5.32 Å². The van der Waals surface area contributed by atoms with Crippen molar-refractivity contribution in [1.82, 2.24) is 9.62 Å². The molecule has 4 nitrogen and oxygen atoms in total. The monoisotopic (exact) mass is 356 g/mol. The predicted molar refractivity (Wildman–Crippen MR) is 82.3 cm³/mol. The Bertz CT molecular complexity index is 576. The van der Waals surface area contributed by atoms with Crippen LogP contribution in [0.1, 0.15) is 0 Å². The third-order valence-electron chi connectivity index (χ3n) is 3.83. The average Bonchev–Trinajstić information content (AvgIpc) is 2.87. The van der Waals surface area contributed by atoms with Gasteiger partial charge in [-0.3, -0.25) is 0 Å². The highest BCUT2D eigenvalue weighted by atomic mass is 35.5. The summed E-state index contributed by atoms with van der Waals surface area (Å²) in [7, 11) is -3.49. The van der Waals surface area contributed by atoms with Gasteiger partial charge in [-0.05, 0) is 43.1 Å². The van der Waals surface area contributed by atoms with Crippen LogP contribution in [0.3, 0.4) is 0 Å². The molecule has 0 saturated carbocycles. The van der Waals surface area contributed by atoms with Crippen molar-refractivity contribution in [1.29, 1.82) is 0 Å². The molecule has 1 aromatic rings. The first-order valence-electron chi connectivity index (χ1n) is 6.14. The highest BCUT2D eigenvalue weighted by Gasteiger charge is 2.41. The molecule has 3 rings (SSSR count). The van der Waals surface area contributed by atoms with Gasteiger partial charge in [0, 0.05) is 23.1 Å². The summed E-state index contributed by atoms with van der Waals surface area (Å²) in [4.78, 5) is 0.179. The number of hydrogen-bond donors (Lipinski definition) is 1. The molecule has 2 atom stereocenters. The molecule has 0 aliphatic carbocycles. The lowest BCUT2D eigenvalue weighted by atomic mass is 10.0. The lowest BCUT2D eigenvalue weighted by molar-refractivity contribution is 0.448. The molecule has 0 bridgehead atoms. The molecule has 0 aromatic heterocycles. The van der Waals surface area contributed by atoms with Crippen LogP contribution in [0.4, 0.5) is 0 Å². The van der Waals surface area contributed by atoms with Crippen LogP contribution in [0.25, 0.3) is 0 Å². The molecule has 0 radical (unpaired) electrons. The number of hydrogen-bond acceptors (Lipinski definition) is 3. The average molecular weight is 358 g/mol. The standard InChI is InChI=1S/C12H14Cl2N2O2S.ClH/c13-10-1-11(14)3-12(2-10)19(17,18)16-6-8-4-15-5-9(8)7-16;/h1-3,8-9,15H,4-7H2;1H/t8-,9+;. The van der Waals surface area contributed by atoms with Crippen LogP contribution in [-0.4, -0.2) is 38.9 Å². The van der Waals surface area contributed by atoms with Crippen molar-refractivity contribution >= 4 is 45.6 Å². The molecule has 0 amide bonds. The van der Waals surface area contributed by atoms with E-state index in [1.807, 2.05) is 0 Å². The SMILES string of the molecule is Cl.O=S(=O)(c1cc(Cl)cc(Cl)c1)N1C[C@H]2CNC[C@H]2C1. The summed E-state index contributed by atoms with van der Waals surface area (Å²) in [6.07, 6.45) is 0. The van der Waals surface area contributed by atoms with Crippen LogP contribution >= 0.6 is 35.6 Å². The van der Waals surface area contributed by atoms with E-state index in [9.17, 15) is 8.42 Å². The minimum Gasteiger partial charge on any atom is -0.316 e. The summed E-state index contributed by atoms with van der Waals surface area (Å²) in [5.74, 6) is 0.842. The van der Waals surface area contributed by atoms with Gasteiger partial charge in [-0.1, -0.05) is 23.2 Å². The van der Waals surface area contributed by atoms with E-state index in [0.717, 1.165) is 13.1 Å². The van der Waals surface area contributed by atoms with Gasteiger partial charge in [0.1, 0.15) is 0 Å². The number of fused-ring (bicyclic) bond motifs is 1. The highest BCUT2D eigenvalue weighted by Crippen LogP contribution is 2.32. The maximum absolute atomic E-state index is 12.6. The summed E-state index contributed by atoms with van der Waals surface area (Å²) in [6.45, 7) is 2.94. The van der Waals surface area contributed by atoms with Crippen molar-refractivity contribution in [3.8, 4) is 0 Å². The zero-order chi connectivity index (χ0) is 13.6. The maximum Gasteiger partial charge on any atom is 0.243 e. The fourth-order valence-corrected chi connectivity index (χ4v) is 5.12. The second kappa shape index (κ2) is 5.99. The largest absolute Gasteiger partial charge is 0.316 e. The second-order valence-electron chi connectivity index (χ2n) is 5.11. The van der Waals surface area contributed by atoms with E-state index < -0.39 is 10.0 Å². The van der Waals surface area contributed by atoms with Gasteiger partial charge in [-0.15, -0.1) is 12.4 Å². The van der Waals surface area contributed by atoms with E-state index in [0.29, 0.717) is 35.0 Å². The molecule has 2 fully saturated rings. The third kappa shape index (κ3) is 2.93. The van der Waals surface area contributed by atoms with Gasteiger partial charge in [0.05, 0.1) is 4.90 Å². The molecule has 2 aliphatic heterocycles. The van der Waals surface area contributed by atoms with E-state index in [1.54, 1.807) is 4.31 Å². The van der Waals surface area contributed by atoms with E-state index in [-0.39, 0.29) is 17.3 Å². The first-order chi connectivity index (χ1) is 8.96. The van der Waals surface area contributed by atoms with Crippen LogP contribution in [0.2, 0.25) is 10.0 Å². The van der Waals surface area contributed by atoms with Crippen molar-refractivity contribution in [3.63, 3.8) is 0 Å². The smallest absolute Gasteiger partial charge is 0.243 e. The lowest BCUT2D eigenvalue weighted by Crippen LogP contribution is -2.31. The molecule has 2 heterocycles. The Hall–Kier alpha value is -0.0400. The van der Waals surface area contributed by atoms with Crippen LogP contribution in [-0.2, 0) is 10.0 Å². The van der Waals surface area contributed by atoms with Gasteiger partial charge >= 0.3 is 0 Å². The Morgan fingerprint density at radius 2 is 1.55 bits per heavy atom. The third-order valence-corrected chi connectivity index (χ3v) is 6.08. The maximum atomic E-state index is 12.6. The molecular formula is C12H15Cl3N2O2S. The van der Waals surface area contributed by atoms with Crippen molar-refractivity contribution in [2.75, 3.05) is 26.2 Å². The molecule has 1 aromatic carbocycles. The van der Waals surface area contributed by atoms with Gasteiger partial charge in [0.2, 0.25) is 10.0 Å². The zero-order valence-corrected chi connectivity index (χ0v) is 13.7. The molecule has 2 saturated heterocycles. The molecule has 0 spiro atoms. The lowest BCUT2D eigenvalue weighted by Gasteiger charge is -2.17. The number of benzene rings is 1. The van der Waals surface area contributed by atoms with E-state index in [2.05, 4.69) is 5.32 Å². The second-order valence-corrected chi connectivity index (χ2v) is 7.92. The molecule has 112 valence electrons. The molecule has 8 heteroatoms. The van der Waals surface area contributed by atoms with E-state index in [4.69, 9.17) is 23.2 Å². The number of nitrogens with one attached hydrogen (secondary N) is 1. The molecule has 0 unspecified atom stereocenters. The van der Waals surface area contributed by atoms with Gasteiger partial charge in [-0.2, -0.15) is 4.31 Å². The minimum atomic E-state index is -3.49. The normalized spacial score (nSPS) is 26.3. The Balaban J connectivity index is 0.00000147. The van der Waals surface area contributed by atoms with Crippen molar-refractivity contribution in [2.24, 2.45) is 11.8 Å². The number of rotatable bonds is 2. The number of nitrogens with zero attached hydrogens (tertiary/aromatic N) is 1. The number of sulfonamides is 1. The first kappa shape index (κ1) is 16.3. The summed E-state index contributed by atoms with van der Waals surface area (Å²) < 4.78 is 26.7. The predicted octanol–water partition coefficient (Wildman–Crippen LogP) is 2.26. The summed E-state index contributed by atoms with van der Waals surface area (Å²) in [5, 5.41) is 3.97. The quantitative estimate of drug-likeness (QED) is 0.883. The van der Waals surface area contributed by atoms with Crippen molar-refractivity contribution in [3.05, 3.63) is 28.2 Å². The topological polar surface area (TPSA) is 49.4 Å². The van der Waals surface area contributed by atoms with Gasteiger partial charge in [0.15, 0.2) is 0 Å². The Kier molecular flexibility index (Phi) is 4.89. The van der Waals surface area contributed by atoms with Crippen molar-refractivity contribution in [2.45, 2.75) is 4.90 Å². The molecular weight excluding hydrogens is 343 g/mol. The number of halogens is 3. The first-order valence-corrected chi connectivity index (χ1v) is 8.33. The molecule has 1 N–H and O–H groups in total. The minimum absolute atomic E-state index is 0. The summed E-state index contributed by atoms with van der Waals surface area (Å²) in [5.41, 5.74) is 0. The van der Waals surface area contributed by atoms with Crippen molar-refractivity contribution < 1.29 is 8.42 Å².